The van der Waals surface area contributed by atoms with Crippen LogP contribution in [0, 0.1) is 0 Å². The van der Waals surface area contributed by atoms with Crippen LogP contribution in [-0.2, 0) is 9.59 Å². The Balaban J connectivity index is 2.27. The van der Waals surface area contributed by atoms with Crippen molar-refractivity contribution in [3.05, 3.63) is 0 Å². The zero-order chi connectivity index (χ0) is 11.9. The summed E-state index contributed by atoms with van der Waals surface area (Å²) in [4.78, 5) is 25.3. The van der Waals surface area contributed by atoms with Gasteiger partial charge in [0.2, 0.25) is 5.91 Å². The molecule has 2 fully saturated rings. The fourth-order valence-corrected chi connectivity index (χ4v) is 3.22. The van der Waals surface area contributed by atoms with E-state index < -0.39 is 5.54 Å². The van der Waals surface area contributed by atoms with Crippen molar-refractivity contribution in [2.75, 3.05) is 0 Å². The maximum atomic E-state index is 11.6. The molecule has 2 atom stereocenters. The van der Waals surface area contributed by atoms with Crippen molar-refractivity contribution in [1.29, 1.82) is 0 Å². The lowest BCUT2D eigenvalue weighted by molar-refractivity contribution is -0.143. The molecule has 2 rings (SSSR count). The lowest BCUT2D eigenvalue weighted by Crippen LogP contribution is -2.65. The molecule has 0 aliphatic carbocycles. The van der Waals surface area contributed by atoms with E-state index in [1.54, 1.807) is 0 Å². The molecule has 0 aromatic carbocycles. The van der Waals surface area contributed by atoms with Crippen LogP contribution in [0.25, 0.3) is 0 Å². The fraction of sp³-hybridized carbons (Fsp3) is 0.833. The number of Topliss-reactive ketones (excluding diaryl/α,β-unsaturated/α-hetero) is 1. The molecule has 0 aromatic heterocycles. The van der Waals surface area contributed by atoms with Gasteiger partial charge in [0.1, 0.15) is 5.78 Å². The number of ketones is 1. The van der Waals surface area contributed by atoms with E-state index in [0.29, 0.717) is 18.6 Å². The van der Waals surface area contributed by atoms with Crippen molar-refractivity contribution in [3.8, 4) is 0 Å². The van der Waals surface area contributed by atoms with Gasteiger partial charge in [-0.05, 0) is 26.7 Å². The van der Waals surface area contributed by atoms with Crippen LogP contribution in [0.5, 0.6) is 0 Å². The van der Waals surface area contributed by atoms with E-state index in [-0.39, 0.29) is 18.0 Å². The van der Waals surface area contributed by atoms with Gasteiger partial charge in [-0.25, -0.2) is 0 Å². The van der Waals surface area contributed by atoms with Crippen LogP contribution in [0.3, 0.4) is 0 Å². The Kier molecular flexibility index (Phi) is 2.78. The van der Waals surface area contributed by atoms with Gasteiger partial charge in [-0.1, -0.05) is 6.42 Å². The van der Waals surface area contributed by atoms with E-state index in [9.17, 15) is 9.59 Å². The van der Waals surface area contributed by atoms with Gasteiger partial charge in [-0.3, -0.25) is 14.5 Å². The first kappa shape index (κ1) is 11.6. The molecule has 4 heteroatoms. The van der Waals surface area contributed by atoms with Crippen LogP contribution in [0.2, 0.25) is 0 Å². The van der Waals surface area contributed by atoms with Gasteiger partial charge in [-0.15, -0.1) is 0 Å². The number of fused-ring (bicyclic) bond motifs is 2. The molecule has 2 saturated heterocycles. The SMILES string of the molecule is CC(C)(C(N)=O)N1C2CCCC1CC(=O)C2. The van der Waals surface area contributed by atoms with Crippen molar-refractivity contribution in [1.82, 2.24) is 4.90 Å². The molecule has 0 spiro atoms. The maximum Gasteiger partial charge on any atom is 0.237 e. The van der Waals surface area contributed by atoms with Crippen LogP contribution in [0.15, 0.2) is 0 Å². The first-order chi connectivity index (χ1) is 7.43. The maximum absolute atomic E-state index is 11.6. The zero-order valence-electron chi connectivity index (χ0n) is 10.0. The van der Waals surface area contributed by atoms with E-state index in [1.165, 1.54) is 0 Å². The number of nitrogens with two attached hydrogens (primary N) is 1. The molecule has 0 aromatic rings. The van der Waals surface area contributed by atoms with Crippen molar-refractivity contribution >= 4 is 11.7 Å². The Hall–Kier alpha value is -0.900. The third-order valence-corrected chi connectivity index (χ3v) is 4.04. The molecule has 90 valence electrons. The molecule has 16 heavy (non-hydrogen) atoms. The molecule has 2 heterocycles. The number of hydrogen-bond donors (Lipinski definition) is 1. The summed E-state index contributed by atoms with van der Waals surface area (Å²) in [6, 6.07) is 0.449. The van der Waals surface area contributed by atoms with Gasteiger partial charge in [-0.2, -0.15) is 0 Å². The summed E-state index contributed by atoms with van der Waals surface area (Å²) in [5.74, 6) is 0.0463. The van der Waals surface area contributed by atoms with Crippen molar-refractivity contribution in [3.63, 3.8) is 0 Å². The van der Waals surface area contributed by atoms with E-state index in [4.69, 9.17) is 5.73 Å². The predicted molar refractivity (Wildman–Crippen MR) is 60.8 cm³/mol. The predicted octanol–water partition coefficient (Wildman–Crippen LogP) is 0.836. The summed E-state index contributed by atoms with van der Waals surface area (Å²) in [6.07, 6.45) is 4.37. The molecule has 2 aliphatic rings. The van der Waals surface area contributed by atoms with Crippen LogP contribution in [0.4, 0.5) is 0 Å². The molecule has 2 N–H and O–H groups in total. The summed E-state index contributed by atoms with van der Waals surface area (Å²) in [7, 11) is 0. The van der Waals surface area contributed by atoms with Crippen LogP contribution in [-0.4, -0.2) is 34.2 Å². The van der Waals surface area contributed by atoms with Gasteiger partial charge in [0, 0.05) is 24.9 Å². The molecular weight excluding hydrogens is 204 g/mol. The number of piperidine rings is 2. The first-order valence-corrected chi connectivity index (χ1v) is 6.03. The van der Waals surface area contributed by atoms with Gasteiger partial charge in [0.05, 0.1) is 5.54 Å². The minimum absolute atomic E-state index is 0.225. The molecule has 2 bridgehead atoms. The minimum Gasteiger partial charge on any atom is -0.368 e. The third-order valence-electron chi connectivity index (χ3n) is 4.04. The normalized spacial score (nSPS) is 31.5. The largest absolute Gasteiger partial charge is 0.368 e. The second-order valence-corrected chi connectivity index (χ2v) is 5.52. The minimum atomic E-state index is -0.629. The zero-order valence-corrected chi connectivity index (χ0v) is 10.0. The Morgan fingerprint density at radius 1 is 1.31 bits per heavy atom. The second-order valence-electron chi connectivity index (χ2n) is 5.52. The second kappa shape index (κ2) is 3.84. The average Bonchev–Trinajstić information content (AvgIpc) is 2.15. The number of carbonyl (C=O) groups is 2. The van der Waals surface area contributed by atoms with Gasteiger partial charge >= 0.3 is 0 Å². The Labute approximate surface area is 96.2 Å². The fourth-order valence-electron chi connectivity index (χ4n) is 3.22. The van der Waals surface area contributed by atoms with E-state index in [1.807, 2.05) is 13.8 Å². The molecule has 2 unspecified atom stereocenters. The lowest BCUT2D eigenvalue weighted by Gasteiger charge is -2.52. The Bertz CT molecular complexity index is 309. The Morgan fingerprint density at radius 2 is 1.81 bits per heavy atom. The number of primary amides is 1. The van der Waals surface area contributed by atoms with Gasteiger partial charge in [0.15, 0.2) is 0 Å². The highest BCUT2D eigenvalue weighted by molar-refractivity contribution is 5.85. The molecular formula is C12H20N2O2. The lowest BCUT2D eigenvalue weighted by atomic mass is 9.79. The average molecular weight is 224 g/mol. The summed E-state index contributed by atoms with van der Waals surface area (Å²) >= 11 is 0. The number of nitrogens with zero attached hydrogens (tertiary/aromatic N) is 1. The molecule has 2 aliphatic heterocycles. The molecule has 0 radical (unpaired) electrons. The highest BCUT2D eigenvalue weighted by Crippen LogP contribution is 2.37. The summed E-state index contributed by atoms with van der Waals surface area (Å²) in [5, 5.41) is 0. The highest BCUT2D eigenvalue weighted by atomic mass is 16.2. The van der Waals surface area contributed by atoms with Crippen molar-refractivity contribution in [2.45, 2.75) is 63.6 Å². The smallest absolute Gasteiger partial charge is 0.237 e. The van der Waals surface area contributed by atoms with Gasteiger partial charge in [0.25, 0.3) is 0 Å². The summed E-state index contributed by atoms with van der Waals surface area (Å²) in [6.45, 7) is 3.74. The highest BCUT2D eigenvalue weighted by Gasteiger charge is 2.46. The summed E-state index contributed by atoms with van der Waals surface area (Å²) in [5.41, 5.74) is 4.84. The van der Waals surface area contributed by atoms with E-state index in [2.05, 4.69) is 4.90 Å². The van der Waals surface area contributed by atoms with Crippen molar-refractivity contribution < 1.29 is 9.59 Å². The number of rotatable bonds is 2. The Morgan fingerprint density at radius 3 is 2.25 bits per heavy atom. The standard InChI is InChI=1S/C12H20N2O2/c1-12(2,11(13)16)14-8-4-3-5-9(14)7-10(15)6-8/h8-9H,3-7H2,1-2H3,(H2,13,16). The van der Waals surface area contributed by atoms with Gasteiger partial charge < -0.3 is 5.73 Å². The number of carbonyl (C=O) groups excluding carboxylic acids is 2. The molecule has 4 nitrogen and oxygen atoms in total. The summed E-state index contributed by atoms with van der Waals surface area (Å²) < 4.78 is 0. The van der Waals surface area contributed by atoms with Crippen LogP contribution >= 0.6 is 0 Å². The van der Waals surface area contributed by atoms with E-state index >= 15 is 0 Å². The third kappa shape index (κ3) is 1.75. The van der Waals surface area contributed by atoms with Crippen molar-refractivity contribution in [2.24, 2.45) is 5.73 Å². The van der Waals surface area contributed by atoms with Crippen LogP contribution < -0.4 is 5.73 Å². The number of hydrogen-bond acceptors (Lipinski definition) is 3. The number of amides is 1. The molecule has 1 amide bonds. The first-order valence-electron chi connectivity index (χ1n) is 6.03. The van der Waals surface area contributed by atoms with E-state index in [0.717, 1.165) is 19.3 Å². The molecule has 0 saturated carbocycles. The topological polar surface area (TPSA) is 63.4 Å². The quantitative estimate of drug-likeness (QED) is 0.756. The van der Waals surface area contributed by atoms with Crippen LogP contribution in [0.1, 0.15) is 46.0 Å². The monoisotopic (exact) mass is 224 g/mol.